The molecule has 0 bridgehead atoms. The van der Waals surface area contributed by atoms with Gasteiger partial charge in [0.25, 0.3) is 0 Å². The molecule has 2 rings (SSSR count). The molecule has 0 aromatic heterocycles. The summed E-state index contributed by atoms with van der Waals surface area (Å²) in [6.45, 7) is 2.51. The molecule has 5 nitrogen and oxygen atoms in total. The number of nitrogens with one attached hydrogen (secondary N) is 1. The van der Waals surface area contributed by atoms with Crippen LogP contribution in [0.15, 0.2) is 48.5 Å². The maximum Gasteiger partial charge on any atom is 0.238 e. The van der Waals surface area contributed by atoms with Gasteiger partial charge in [-0.25, -0.2) is 4.39 Å². The predicted molar refractivity (Wildman–Crippen MR) is 94.5 cm³/mol. The third-order valence-corrected chi connectivity index (χ3v) is 3.50. The number of ketones is 1. The van der Waals surface area contributed by atoms with Crippen molar-refractivity contribution in [1.29, 1.82) is 0 Å². The van der Waals surface area contributed by atoms with Crippen LogP contribution in [0.5, 0.6) is 5.75 Å². The van der Waals surface area contributed by atoms with Crippen molar-refractivity contribution in [2.75, 3.05) is 32.1 Å². The van der Waals surface area contributed by atoms with Gasteiger partial charge in [-0.3, -0.25) is 14.5 Å². The van der Waals surface area contributed by atoms with Gasteiger partial charge in [-0.15, -0.1) is 0 Å². The van der Waals surface area contributed by atoms with Crippen LogP contribution < -0.4 is 10.1 Å². The highest BCUT2D eigenvalue weighted by atomic mass is 19.1. The van der Waals surface area contributed by atoms with Crippen LogP contribution in [-0.2, 0) is 4.79 Å². The molecule has 0 saturated heterocycles. The van der Waals surface area contributed by atoms with Gasteiger partial charge < -0.3 is 10.1 Å². The Morgan fingerprint density at radius 1 is 1.16 bits per heavy atom. The number of likely N-dealkylation sites (N-methyl/N-ethyl adjacent to an activating group) is 1. The van der Waals surface area contributed by atoms with E-state index in [0.717, 1.165) is 0 Å². The maximum absolute atomic E-state index is 13.0. The van der Waals surface area contributed by atoms with Gasteiger partial charge in [-0.1, -0.05) is 18.2 Å². The molecule has 2 aromatic rings. The molecule has 1 N–H and O–H groups in total. The lowest BCUT2D eigenvalue weighted by Gasteiger charge is -2.16. The number of carbonyl (C=O) groups is 2. The van der Waals surface area contributed by atoms with Crippen LogP contribution in [0.3, 0.4) is 0 Å². The number of ether oxygens (including phenoxy) is 1. The minimum absolute atomic E-state index is 0.0530. The topological polar surface area (TPSA) is 58.6 Å². The van der Waals surface area contributed by atoms with Crippen molar-refractivity contribution < 1.29 is 18.7 Å². The Morgan fingerprint density at radius 3 is 2.64 bits per heavy atom. The molecule has 2 aromatic carbocycles. The quantitative estimate of drug-likeness (QED) is 0.748. The first-order valence-electron chi connectivity index (χ1n) is 7.92. The first kappa shape index (κ1) is 18.6. The zero-order valence-corrected chi connectivity index (χ0v) is 14.3. The molecule has 1 amide bonds. The summed E-state index contributed by atoms with van der Waals surface area (Å²) in [5, 5.41) is 2.76. The lowest BCUT2D eigenvalue weighted by molar-refractivity contribution is -0.117. The summed E-state index contributed by atoms with van der Waals surface area (Å²) < 4.78 is 18.5. The molecule has 0 aliphatic carbocycles. The average molecular weight is 344 g/mol. The summed E-state index contributed by atoms with van der Waals surface area (Å²) in [6, 6.07) is 12.7. The second kappa shape index (κ2) is 8.94. The van der Waals surface area contributed by atoms with Crippen LogP contribution in [-0.4, -0.2) is 43.3 Å². The van der Waals surface area contributed by atoms with Gasteiger partial charge in [-0.05, 0) is 38.2 Å². The van der Waals surface area contributed by atoms with Crippen molar-refractivity contribution in [2.45, 2.75) is 6.92 Å². The van der Waals surface area contributed by atoms with Gasteiger partial charge in [0.05, 0.1) is 6.54 Å². The summed E-state index contributed by atoms with van der Waals surface area (Å²) in [5.41, 5.74) is 1.14. The average Bonchev–Trinajstić information content (AvgIpc) is 2.55. The van der Waals surface area contributed by atoms with E-state index >= 15 is 0 Å². The number of rotatable bonds is 8. The van der Waals surface area contributed by atoms with E-state index < -0.39 is 0 Å². The third-order valence-electron chi connectivity index (χ3n) is 3.50. The molecule has 0 fully saturated rings. The first-order valence-corrected chi connectivity index (χ1v) is 7.92. The molecular formula is C19H21FN2O3. The third kappa shape index (κ3) is 6.35. The monoisotopic (exact) mass is 344 g/mol. The molecule has 0 atom stereocenters. The van der Waals surface area contributed by atoms with Crippen molar-refractivity contribution in [3.05, 3.63) is 59.9 Å². The number of amides is 1. The molecule has 132 valence electrons. The molecular weight excluding hydrogens is 323 g/mol. The highest BCUT2D eigenvalue weighted by Crippen LogP contribution is 2.12. The summed E-state index contributed by atoms with van der Waals surface area (Å²) in [5.74, 6) is -0.131. The van der Waals surface area contributed by atoms with Crippen LogP contribution in [0.2, 0.25) is 0 Å². The largest absolute Gasteiger partial charge is 0.492 e. The Balaban J connectivity index is 1.76. The predicted octanol–water partition coefficient (Wildman–Crippen LogP) is 2.98. The fraction of sp³-hybridized carbons (Fsp3) is 0.263. The van der Waals surface area contributed by atoms with Gasteiger partial charge in [0, 0.05) is 23.9 Å². The van der Waals surface area contributed by atoms with Crippen LogP contribution in [0.25, 0.3) is 0 Å². The number of benzene rings is 2. The van der Waals surface area contributed by atoms with E-state index in [9.17, 15) is 14.0 Å². The first-order chi connectivity index (χ1) is 11.9. The van der Waals surface area contributed by atoms with E-state index in [4.69, 9.17) is 4.74 Å². The molecule has 0 unspecified atom stereocenters. The summed E-state index contributed by atoms with van der Waals surface area (Å²) in [6.07, 6.45) is 0. The molecule has 0 aliphatic rings. The van der Waals surface area contributed by atoms with Gasteiger partial charge >= 0.3 is 0 Å². The summed E-state index contributed by atoms with van der Waals surface area (Å²) in [7, 11) is 1.79. The highest BCUT2D eigenvalue weighted by Gasteiger charge is 2.08. The standard InChI is InChI=1S/C19H21FN2O3/c1-14(23)15-5-3-7-17(11-15)21-19(24)13-22(2)9-10-25-18-8-4-6-16(20)12-18/h3-8,11-12H,9-10,13H2,1-2H3,(H,21,24). The number of Topliss-reactive ketones (excluding diaryl/α,β-unsaturated/α-hetero) is 1. The summed E-state index contributed by atoms with van der Waals surface area (Å²) in [4.78, 5) is 25.2. The van der Waals surface area contributed by atoms with Crippen molar-refractivity contribution in [3.8, 4) is 5.75 Å². The Bertz CT molecular complexity index is 749. The van der Waals surface area contributed by atoms with E-state index in [2.05, 4.69) is 5.32 Å². The van der Waals surface area contributed by atoms with E-state index in [1.807, 2.05) is 0 Å². The van der Waals surface area contributed by atoms with Crippen molar-refractivity contribution >= 4 is 17.4 Å². The maximum atomic E-state index is 13.0. The van der Waals surface area contributed by atoms with Gasteiger partial charge in [0.2, 0.25) is 5.91 Å². The van der Waals surface area contributed by atoms with Gasteiger partial charge in [0.15, 0.2) is 5.78 Å². The van der Waals surface area contributed by atoms with Crippen LogP contribution in [0, 0.1) is 5.82 Å². The second-order valence-electron chi connectivity index (χ2n) is 5.73. The van der Waals surface area contributed by atoms with Crippen LogP contribution >= 0.6 is 0 Å². The normalized spacial score (nSPS) is 10.6. The fourth-order valence-electron chi connectivity index (χ4n) is 2.22. The Hall–Kier alpha value is -2.73. The van der Waals surface area contributed by atoms with Crippen molar-refractivity contribution in [2.24, 2.45) is 0 Å². The van der Waals surface area contributed by atoms with E-state index in [0.29, 0.717) is 30.2 Å². The highest BCUT2D eigenvalue weighted by molar-refractivity contribution is 5.97. The SMILES string of the molecule is CC(=O)c1cccc(NC(=O)CN(C)CCOc2cccc(F)c2)c1. The second-order valence-corrected chi connectivity index (χ2v) is 5.73. The molecule has 0 heterocycles. The van der Waals surface area contributed by atoms with E-state index in [1.54, 1.807) is 48.3 Å². The van der Waals surface area contributed by atoms with Gasteiger partial charge in [0.1, 0.15) is 18.2 Å². The van der Waals surface area contributed by atoms with Crippen molar-refractivity contribution in [3.63, 3.8) is 0 Å². The molecule has 0 radical (unpaired) electrons. The Morgan fingerprint density at radius 2 is 1.92 bits per heavy atom. The minimum Gasteiger partial charge on any atom is -0.492 e. The van der Waals surface area contributed by atoms with E-state index in [-0.39, 0.29) is 24.1 Å². The number of hydrogen-bond acceptors (Lipinski definition) is 4. The Kier molecular flexibility index (Phi) is 6.65. The molecule has 0 saturated carbocycles. The smallest absolute Gasteiger partial charge is 0.238 e. The number of hydrogen-bond donors (Lipinski definition) is 1. The van der Waals surface area contributed by atoms with Crippen LogP contribution in [0.4, 0.5) is 10.1 Å². The summed E-state index contributed by atoms with van der Waals surface area (Å²) >= 11 is 0. The van der Waals surface area contributed by atoms with Crippen molar-refractivity contribution in [1.82, 2.24) is 4.90 Å². The van der Waals surface area contributed by atoms with Gasteiger partial charge in [-0.2, -0.15) is 0 Å². The molecule has 25 heavy (non-hydrogen) atoms. The molecule has 6 heteroatoms. The van der Waals surface area contributed by atoms with E-state index in [1.165, 1.54) is 19.1 Å². The molecule has 0 aliphatic heterocycles. The molecule has 0 spiro atoms. The lowest BCUT2D eigenvalue weighted by atomic mass is 10.1. The lowest BCUT2D eigenvalue weighted by Crippen LogP contribution is -2.33. The Labute approximate surface area is 146 Å². The fourth-order valence-corrected chi connectivity index (χ4v) is 2.22. The minimum atomic E-state index is -0.349. The number of nitrogens with zero attached hydrogens (tertiary/aromatic N) is 1. The zero-order chi connectivity index (χ0) is 18.2. The number of halogens is 1. The van der Waals surface area contributed by atoms with Crippen LogP contribution in [0.1, 0.15) is 17.3 Å². The zero-order valence-electron chi connectivity index (χ0n) is 14.3. The number of anilines is 1. The number of carbonyl (C=O) groups excluding carboxylic acids is 2.